The number of aromatic nitrogens is 2. The molecular formula is C10H10ClN3O. The summed E-state index contributed by atoms with van der Waals surface area (Å²) in [7, 11) is 1.65. The van der Waals surface area contributed by atoms with Gasteiger partial charge in [0.05, 0.1) is 17.4 Å². The van der Waals surface area contributed by atoms with Crippen LogP contribution in [0.5, 0.6) is 0 Å². The minimum Gasteiger partial charge on any atom is -0.324 e. The van der Waals surface area contributed by atoms with Crippen LogP contribution in [0.3, 0.4) is 0 Å². The lowest BCUT2D eigenvalue weighted by Gasteiger charge is -2.06. The molecule has 0 saturated carbocycles. The molecule has 1 aromatic carbocycles. The van der Waals surface area contributed by atoms with E-state index in [-0.39, 0.29) is 12.1 Å². The molecule has 0 aliphatic heterocycles. The topological polar surface area (TPSA) is 60.9 Å². The molecule has 0 amide bonds. The smallest absolute Gasteiger partial charge is 0.261 e. The molecule has 0 fully saturated rings. The van der Waals surface area contributed by atoms with Crippen LogP contribution in [-0.4, -0.2) is 9.55 Å². The van der Waals surface area contributed by atoms with Gasteiger partial charge in [-0.3, -0.25) is 9.36 Å². The van der Waals surface area contributed by atoms with Crippen molar-refractivity contribution in [2.75, 3.05) is 0 Å². The largest absolute Gasteiger partial charge is 0.324 e. The molecule has 0 unspecified atom stereocenters. The Morgan fingerprint density at radius 2 is 2.27 bits per heavy atom. The van der Waals surface area contributed by atoms with Crippen LogP contribution in [0.1, 0.15) is 5.82 Å². The van der Waals surface area contributed by atoms with Crippen molar-refractivity contribution >= 4 is 22.5 Å². The van der Waals surface area contributed by atoms with Crippen molar-refractivity contribution in [2.45, 2.75) is 6.54 Å². The van der Waals surface area contributed by atoms with E-state index in [1.54, 1.807) is 25.2 Å². The molecule has 0 saturated heterocycles. The quantitative estimate of drug-likeness (QED) is 0.786. The molecule has 4 nitrogen and oxygen atoms in total. The van der Waals surface area contributed by atoms with E-state index in [0.29, 0.717) is 21.7 Å². The van der Waals surface area contributed by atoms with E-state index >= 15 is 0 Å². The monoisotopic (exact) mass is 223 g/mol. The second-order valence-corrected chi connectivity index (χ2v) is 3.69. The van der Waals surface area contributed by atoms with Crippen molar-refractivity contribution < 1.29 is 0 Å². The second kappa shape index (κ2) is 3.64. The third-order valence-corrected chi connectivity index (χ3v) is 2.55. The van der Waals surface area contributed by atoms with Crippen LogP contribution in [0, 0.1) is 0 Å². The number of fused-ring (bicyclic) bond motifs is 1. The van der Waals surface area contributed by atoms with Crippen LogP contribution in [0.15, 0.2) is 23.0 Å². The van der Waals surface area contributed by atoms with Gasteiger partial charge in [-0.15, -0.1) is 0 Å². The van der Waals surface area contributed by atoms with Gasteiger partial charge in [-0.25, -0.2) is 4.98 Å². The van der Waals surface area contributed by atoms with Crippen LogP contribution in [-0.2, 0) is 13.6 Å². The zero-order chi connectivity index (χ0) is 11.0. The first kappa shape index (κ1) is 10.1. The van der Waals surface area contributed by atoms with Crippen LogP contribution >= 0.6 is 11.6 Å². The maximum Gasteiger partial charge on any atom is 0.261 e. The minimum atomic E-state index is -0.122. The Kier molecular flexibility index (Phi) is 2.46. The fourth-order valence-corrected chi connectivity index (χ4v) is 1.64. The first-order valence-corrected chi connectivity index (χ1v) is 4.86. The van der Waals surface area contributed by atoms with Gasteiger partial charge in [-0.05, 0) is 18.2 Å². The molecule has 2 aromatic rings. The van der Waals surface area contributed by atoms with Gasteiger partial charge in [0.2, 0.25) is 0 Å². The molecule has 0 radical (unpaired) electrons. The molecule has 0 spiro atoms. The lowest BCUT2D eigenvalue weighted by molar-refractivity contribution is 0.742. The molecule has 0 aliphatic carbocycles. The Morgan fingerprint density at radius 3 is 2.93 bits per heavy atom. The van der Waals surface area contributed by atoms with Gasteiger partial charge in [-0.1, -0.05) is 11.6 Å². The Bertz CT molecular complexity index is 577. The van der Waals surface area contributed by atoms with E-state index in [1.807, 2.05) is 0 Å². The molecule has 0 atom stereocenters. The van der Waals surface area contributed by atoms with Crippen molar-refractivity contribution in [2.24, 2.45) is 12.8 Å². The number of rotatable bonds is 1. The van der Waals surface area contributed by atoms with Gasteiger partial charge >= 0.3 is 0 Å². The van der Waals surface area contributed by atoms with Gasteiger partial charge in [-0.2, -0.15) is 0 Å². The Balaban J connectivity index is 2.91. The van der Waals surface area contributed by atoms with E-state index in [4.69, 9.17) is 17.3 Å². The van der Waals surface area contributed by atoms with E-state index < -0.39 is 0 Å². The highest BCUT2D eigenvalue weighted by atomic mass is 35.5. The predicted octanol–water partition coefficient (Wildman–Crippen LogP) is 1.05. The Labute approximate surface area is 91.3 Å². The van der Waals surface area contributed by atoms with E-state index in [2.05, 4.69) is 4.98 Å². The van der Waals surface area contributed by atoms with Crippen molar-refractivity contribution in [1.82, 2.24) is 9.55 Å². The van der Waals surface area contributed by atoms with Crippen molar-refractivity contribution in [3.63, 3.8) is 0 Å². The standard InChI is InChI=1S/C10H10ClN3O/c1-14-9(5-12)13-8-3-2-6(11)4-7(8)10(14)15/h2-4H,5,12H2,1H3. The van der Waals surface area contributed by atoms with Crippen LogP contribution in [0.2, 0.25) is 5.02 Å². The highest BCUT2D eigenvalue weighted by Crippen LogP contribution is 2.14. The summed E-state index contributed by atoms with van der Waals surface area (Å²) in [5.74, 6) is 0.565. The Hall–Kier alpha value is -1.39. The lowest BCUT2D eigenvalue weighted by atomic mass is 10.2. The number of benzene rings is 1. The predicted molar refractivity (Wildman–Crippen MR) is 59.9 cm³/mol. The molecule has 2 rings (SSSR count). The third-order valence-electron chi connectivity index (χ3n) is 2.31. The van der Waals surface area contributed by atoms with Crippen LogP contribution in [0.25, 0.3) is 10.9 Å². The highest BCUT2D eigenvalue weighted by Gasteiger charge is 2.06. The Morgan fingerprint density at radius 1 is 1.53 bits per heavy atom. The summed E-state index contributed by atoms with van der Waals surface area (Å²) in [6.45, 7) is 0.240. The minimum absolute atomic E-state index is 0.122. The number of nitrogens with two attached hydrogens (primary N) is 1. The van der Waals surface area contributed by atoms with Crippen LogP contribution < -0.4 is 11.3 Å². The third kappa shape index (κ3) is 1.62. The normalized spacial score (nSPS) is 10.9. The second-order valence-electron chi connectivity index (χ2n) is 3.26. The number of hydrogen-bond acceptors (Lipinski definition) is 3. The van der Waals surface area contributed by atoms with Gasteiger partial charge in [0.1, 0.15) is 5.82 Å². The summed E-state index contributed by atoms with van der Waals surface area (Å²) >= 11 is 5.82. The molecule has 15 heavy (non-hydrogen) atoms. The highest BCUT2D eigenvalue weighted by molar-refractivity contribution is 6.31. The fourth-order valence-electron chi connectivity index (χ4n) is 1.47. The van der Waals surface area contributed by atoms with Gasteiger partial charge in [0, 0.05) is 12.1 Å². The number of nitrogens with zero attached hydrogens (tertiary/aromatic N) is 2. The van der Waals surface area contributed by atoms with Gasteiger partial charge < -0.3 is 5.73 Å². The van der Waals surface area contributed by atoms with E-state index in [0.717, 1.165) is 0 Å². The number of halogens is 1. The maximum absolute atomic E-state index is 11.9. The van der Waals surface area contributed by atoms with Crippen LogP contribution in [0.4, 0.5) is 0 Å². The zero-order valence-electron chi connectivity index (χ0n) is 8.20. The average molecular weight is 224 g/mol. The molecule has 0 aliphatic rings. The molecule has 1 heterocycles. The van der Waals surface area contributed by atoms with Crippen molar-refractivity contribution in [1.29, 1.82) is 0 Å². The van der Waals surface area contributed by atoms with E-state index in [1.165, 1.54) is 4.57 Å². The lowest BCUT2D eigenvalue weighted by Crippen LogP contribution is -2.24. The zero-order valence-corrected chi connectivity index (χ0v) is 8.95. The van der Waals surface area contributed by atoms with Crippen molar-refractivity contribution in [3.8, 4) is 0 Å². The van der Waals surface area contributed by atoms with Crippen molar-refractivity contribution in [3.05, 3.63) is 39.4 Å². The molecule has 1 aromatic heterocycles. The number of hydrogen-bond donors (Lipinski definition) is 1. The van der Waals surface area contributed by atoms with Gasteiger partial charge in [0.15, 0.2) is 0 Å². The molecule has 0 bridgehead atoms. The first-order valence-electron chi connectivity index (χ1n) is 4.48. The maximum atomic E-state index is 11.9. The summed E-state index contributed by atoms with van der Waals surface area (Å²) in [5, 5.41) is 1.05. The molecule has 5 heteroatoms. The van der Waals surface area contributed by atoms with Gasteiger partial charge in [0.25, 0.3) is 5.56 Å². The molecular weight excluding hydrogens is 214 g/mol. The summed E-state index contributed by atoms with van der Waals surface area (Å²) in [5.41, 5.74) is 6.00. The summed E-state index contributed by atoms with van der Waals surface area (Å²) in [4.78, 5) is 16.1. The summed E-state index contributed by atoms with van der Waals surface area (Å²) in [6.07, 6.45) is 0. The fraction of sp³-hybridized carbons (Fsp3) is 0.200. The van der Waals surface area contributed by atoms with E-state index in [9.17, 15) is 4.79 Å². The SMILES string of the molecule is Cn1c(CN)nc2ccc(Cl)cc2c1=O. The summed E-state index contributed by atoms with van der Waals surface area (Å²) in [6, 6.07) is 5.04. The molecule has 78 valence electrons. The molecule has 2 N–H and O–H groups in total. The average Bonchev–Trinajstić information content (AvgIpc) is 2.24. The summed E-state index contributed by atoms with van der Waals surface area (Å²) < 4.78 is 1.44. The first-order chi connectivity index (χ1) is 7.13.